The maximum absolute atomic E-state index is 12.9. The molecular formula is C20H17N5O4S2. The van der Waals surface area contributed by atoms with Crippen LogP contribution in [0.15, 0.2) is 75.6 Å². The highest BCUT2D eigenvalue weighted by atomic mass is 32.2. The number of hydrogen-bond acceptors (Lipinski definition) is 8. The summed E-state index contributed by atoms with van der Waals surface area (Å²) in [6.45, 7) is 1.69. The van der Waals surface area contributed by atoms with Crippen molar-refractivity contribution < 1.29 is 17.7 Å². The van der Waals surface area contributed by atoms with Gasteiger partial charge < -0.3 is 9.84 Å². The van der Waals surface area contributed by atoms with Crippen LogP contribution < -0.4 is 10.0 Å². The van der Waals surface area contributed by atoms with Crippen molar-refractivity contribution in [1.29, 1.82) is 0 Å². The van der Waals surface area contributed by atoms with Crippen molar-refractivity contribution in [3.05, 3.63) is 89.0 Å². The lowest BCUT2D eigenvalue weighted by molar-refractivity contribution is 0.0936. The minimum atomic E-state index is -3.80. The number of aromatic nitrogens is 3. The van der Waals surface area contributed by atoms with Crippen LogP contribution >= 0.6 is 11.3 Å². The number of thiazole rings is 1. The Morgan fingerprint density at radius 1 is 1.10 bits per heavy atom. The Balaban J connectivity index is 1.54. The molecule has 0 aliphatic rings. The van der Waals surface area contributed by atoms with E-state index in [1.54, 1.807) is 12.3 Å². The van der Waals surface area contributed by atoms with Gasteiger partial charge in [0.2, 0.25) is 0 Å². The number of carbonyl (C=O) groups excluding carboxylic acids is 1. The Morgan fingerprint density at radius 2 is 1.84 bits per heavy atom. The summed E-state index contributed by atoms with van der Waals surface area (Å²) in [6.07, 6.45) is 1.50. The molecule has 31 heavy (non-hydrogen) atoms. The monoisotopic (exact) mass is 455 g/mol. The first kappa shape index (κ1) is 20.7. The fraction of sp³-hybridized carbons (Fsp3) is 0.100. The van der Waals surface area contributed by atoms with Gasteiger partial charge in [0.15, 0.2) is 11.0 Å². The zero-order chi connectivity index (χ0) is 21.8. The van der Waals surface area contributed by atoms with Crippen LogP contribution in [0.1, 0.15) is 33.7 Å². The summed E-state index contributed by atoms with van der Waals surface area (Å²) in [4.78, 5) is 21.0. The predicted molar refractivity (Wildman–Crippen MR) is 114 cm³/mol. The van der Waals surface area contributed by atoms with Crippen LogP contribution in [0, 0.1) is 6.92 Å². The van der Waals surface area contributed by atoms with Crippen molar-refractivity contribution in [2.24, 2.45) is 0 Å². The minimum absolute atomic E-state index is 0.0198. The van der Waals surface area contributed by atoms with E-state index in [1.165, 1.54) is 41.8 Å². The summed E-state index contributed by atoms with van der Waals surface area (Å²) >= 11 is 1.17. The third-order valence-corrected chi connectivity index (χ3v) is 6.45. The van der Waals surface area contributed by atoms with E-state index >= 15 is 0 Å². The fourth-order valence-electron chi connectivity index (χ4n) is 2.81. The molecule has 2 heterocycles. The summed E-state index contributed by atoms with van der Waals surface area (Å²) in [5, 5.41) is 8.59. The molecule has 2 aromatic carbocycles. The van der Waals surface area contributed by atoms with Gasteiger partial charge in [-0.3, -0.25) is 9.52 Å². The highest BCUT2D eigenvalue weighted by Crippen LogP contribution is 2.22. The molecule has 0 aliphatic carbocycles. The molecule has 2 N–H and O–H groups in total. The lowest BCUT2D eigenvalue weighted by Gasteiger charge is -2.15. The number of amides is 1. The van der Waals surface area contributed by atoms with Gasteiger partial charge in [0.05, 0.1) is 4.90 Å². The average Bonchev–Trinajstić information content (AvgIpc) is 3.44. The second-order valence-corrected chi connectivity index (χ2v) is 9.04. The lowest BCUT2D eigenvalue weighted by Crippen LogP contribution is -2.29. The molecule has 158 valence electrons. The molecule has 0 saturated carbocycles. The van der Waals surface area contributed by atoms with E-state index in [-0.39, 0.29) is 21.5 Å². The molecule has 0 radical (unpaired) electrons. The van der Waals surface area contributed by atoms with Crippen LogP contribution in [-0.2, 0) is 10.0 Å². The van der Waals surface area contributed by atoms with Crippen molar-refractivity contribution in [1.82, 2.24) is 20.4 Å². The summed E-state index contributed by atoms with van der Waals surface area (Å²) in [6, 6.07) is 14.2. The van der Waals surface area contributed by atoms with Gasteiger partial charge in [0.1, 0.15) is 6.04 Å². The number of sulfonamides is 1. The van der Waals surface area contributed by atoms with E-state index in [1.807, 2.05) is 30.3 Å². The van der Waals surface area contributed by atoms with Gasteiger partial charge in [-0.25, -0.2) is 13.4 Å². The summed E-state index contributed by atoms with van der Waals surface area (Å²) < 4.78 is 32.6. The Labute approximate surface area is 182 Å². The van der Waals surface area contributed by atoms with E-state index in [4.69, 9.17) is 4.52 Å². The minimum Gasteiger partial charge on any atom is -0.337 e. The summed E-state index contributed by atoms with van der Waals surface area (Å²) in [7, 11) is -3.80. The molecule has 1 unspecified atom stereocenters. The average molecular weight is 456 g/mol. The molecule has 4 rings (SSSR count). The predicted octanol–water partition coefficient (Wildman–Crippen LogP) is 3.15. The zero-order valence-electron chi connectivity index (χ0n) is 16.2. The van der Waals surface area contributed by atoms with Crippen molar-refractivity contribution in [2.45, 2.75) is 17.9 Å². The Bertz CT molecular complexity index is 1270. The van der Waals surface area contributed by atoms with Crippen molar-refractivity contribution in [2.75, 3.05) is 4.72 Å². The zero-order valence-corrected chi connectivity index (χ0v) is 17.9. The summed E-state index contributed by atoms with van der Waals surface area (Å²) in [5.74, 6) is 0.290. The van der Waals surface area contributed by atoms with E-state index in [9.17, 15) is 13.2 Å². The van der Waals surface area contributed by atoms with Crippen LogP contribution in [0.4, 0.5) is 5.13 Å². The van der Waals surface area contributed by atoms with Crippen LogP contribution in [0.2, 0.25) is 0 Å². The third kappa shape index (κ3) is 4.78. The fourth-order valence-corrected chi connectivity index (χ4v) is 4.60. The van der Waals surface area contributed by atoms with E-state index in [0.717, 1.165) is 5.56 Å². The van der Waals surface area contributed by atoms with Crippen LogP contribution in [-0.4, -0.2) is 29.4 Å². The highest BCUT2D eigenvalue weighted by molar-refractivity contribution is 7.93. The molecule has 1 atom stereocenters. The third-order valence-electron chi connectivity index (χ3n) is 4.28. The molecule has 4 aromatic rings. The highest BCUT2D eigenvalue weighted by Gasteiger charge is 2.24. The SMILES string of the molecule is Cc1noc(C(NC(=O)c2ccc(S(=O)(=O)Nc3nccs3)cc2)c2ccccc2)n1. The standard InChI is InChI=1S/C20H17N5O4S2/c1-13-22-19(29-24-13)17(14-5-3-2-4-6-14)23-18(26)15-7-9-16(10-8-15)31(27,28)25-20-21-11-12-30-20/h2-12,17H,1H3,(H,21,25)(H,23,26). The molecule has 0 bridgehead atoms. The first-order chi connectivity index (χ1) is 14.9. The molecule has 0 aliphatic heterocycles. The maximum atomic E-state index is 12.9. The molecule has 11 heteroatoms. The van der Waals surface area contributed by atoms with E-state index in [2.05, 4.69) is 25.2 Å². The molecule has 0 fully saturated rings. The molecule has 9 nitrogen and oxygen atoms in total. The molecule has 0 saturated heterocycles. The second-order valence-electron chi connectivity index (χ2n) is 6.46. The van der Waals surface area contributed by atoms with Gasteiger partial charge in [-0.15, -0.1) is 11.3 Å². The Hall–Kier alpha value is -3.57. The number of aryl methyl sites for hydroxylation is 1. The van der Waals surface area contributed by atoms with Gasteiger partial charge in [-0.2, -0.15) is 4.98 Å². The normalized spacial score (nSPS) is 12.3. The largest absolute Gasteiger partial charge is 0.337 e. The quantitative estimate of drug-likeness (QED) is 0.438. The molecular weight excluding hydrogens is 438 g/mol. The molecule has 2 aromatic heterocycles. The topological polar surface area (TPSA) is 127 Å². The van der Waals surface area contributed by atoms with E-state index < -0.39 is 22.0 Å². The van der Waals surface area contributed by atoms with Crippen molar-refractivity contribution in [3.8, 4) is 0 Å². The molecule has 0 spiro atoms. The smallest absolute Gasteiger partial charge is 0.263 e. The number of nitrogens with zero attached hydrogens (tertiary/aromatic N) is 3. The Kier molecular flexibility index (Phi) is 5.78. The van der Waals surface area contributed by atoms with E-state index in [0.29, 0.717) is 5.82 Å². The Morgan fingerprint density at radius 3 is 2.45 bits per heavy atom. The molecule has 1 amide bonds. The van der Waals surface area contributed by atoms with Crippen LogP contribution in [0.5, 0.6) is 0 Å². The number of nitrogens with one attached hydrogen (secondary N) is 2. The first-order valence-electron chi connectivity index (χ1n) is 9.11. The summed E-state index contributed by atoms with van der Waals surface area (Å²) in [5.41, 5.74) is 1.05. The lowest BCUT2D eigenvalue weighted by atomic mass is 10.1. The van der Waals surface area contributed by atoms with Crippen LogP contribution in [0.25, 0.3) is 0 Å². The maximum Gasteiger partial charge on any atom is 0.263 e. The van der Waals surface area contributed by atoms with Crippen LogP contribution in [0.3, 0.4) is 0 Å². The number of rotatable bonds is 7. The second kappa shape index (κ2) is 8.66. The van der Waals surface area contributed by atoms with Gasteiger partial charge in [-0.05, 0) is 36.8 Å². The first-order valence-corrected chi connectivity index (χ1v) is 11.5. The number of anilines is 1. The van der Waals surface area contributed by atoms with Gasteiger partial charge in [0, 0.05) is 17.1 Å². The van der Waals surface area contributed by atoms with Crippen molar-refractivity contribution in [3.63, 3.8) is 0 Å². The number of carbonyl (C=O) groups is 1. The van der Waals surface area contributed by atoms with Gasteiger partial charge >= 0.3 is 0 Å². The van der Waals surface area contributed by atoms with Crippen molar-refractivity contribution >= 4 is 32.4 Å². The van der Waals surface area contributed by atoms with Gasteiger partial charge in [0.25, 0.3) is 21.8 Å². The number of benzene rings is 2. The number of hydrogen-bond donors (Lipinski definition) is 2. The van der Waals surface area contributed by atoms with Gasteiger partial charge in [-0.1, -0.05) is 35.5 Å².